The zero-order valence-corrected chi connectivity index (χ0v) is 16.8. The fraction of sp³-hybridized carbons (Fsp3) is 0.550. The van der Waals surface area contributed by atoms with E-state index in [0.717, 1.165) is 5.56 Å². The molecule has 8 nitrogen and oxygen atoms in total. The van der Waals surface area contributed by atoms with E-state index >= 15 is 0 Å². The number of esters is 1. The Hall–Kier alpha value is -2.77. The number of alkyl carbamates (subject to hydrolysis) is 1. The van der Waals surface area contributed by atoms with Crippen LogP contribution in [0.15, 0.2) is 30.3 Å². The van der Waals surface area contributed by atoms with Crippen LogP contribution in [0.5, 0.6) is 0 Å². The minimum absolute atomic E-state index is 0.0488. The maximum absolute atomic E-state index is 12.5. The summed E-state index contributed by atoms with van der Waals surface area (Å²) in [5.41, 5.74) is 0.141. The van der Waals surface area contributed by atoms with Crippen LogP contribution in [0.2, 0.25) is 0 Å². The zero-order chi connectivity index (χ0) is 21.2. The maximum atomic E-state index is 12.5. The highest BCUT2D eigenvalue weighted by molar-refractivity contribution is 5.81. The molecule has 0 aliphatic heterocycles. The minimum atomic E-state index is -1.39. The van der Waals surface area contributed by atoms with Gasteiger partial charge in [0.2, 0.25) is 0 Å². The zero-order valence-electron chi connectivity index (χ0n) is 16.8. The first-order valence-electron chi connectivity index (χ1n) is 9.14. The number of carbonyl (C=O) groups is 3. The van der Waals surface area contributed by atoms with E-state index in [2.05, 4.69) is 10.1 Å². The number of carboxylic acid groups (broad SMARTS) is 1. The molecule has 2 atom stereocenters. The summed E-state index contributed by atoms with van der Waals surface area (Å²) in [4.78, 5) is 35.1. The van der Waals surface area contributed by atoms with Gasteiger partial charge in [0.1, 0.15) is 19.3 Å². The largest absolute Gasteiger partial charge is 0.505 e. The van der Waals surface area contributed by atoms with Gasteiger partial charge in [-0.2, -0.15) is 0 Å². The van der Waals surface area contributed by atoms with Crippen LogP contribution in [0.4, 0.5) is 9.59 Å². The number of amides is 1. The molecule has 0 aliphatic carbocycles. The van der Waals surface area contributed by atoms with E-state index in [9.17, 15) is 14.4 Å². The molecule has 2 N–H and O–H groups in total. The molecule has 0 bridgehead atoms. The first kappa shape index (κ1) is 23.3. The second-order valence-electron chi connectivity index (χ2n) is 7.40. The van der Waals surface area contributed by atoms with Gasteiger partial charge in [0.25, 0.3) is 0 Å². The van der Waals surface area contributed by atoms with Crippen LogP contribution in [0.3, 0.4) is 0 Å². The van der Waals surface area contributed by atoms with Crippen LogP contribution in [0, 0.1) is 11.3 Å². The topological polar surface area (TPSA) is 111 Å². The van der Waals surface area contributed by atoms with Crippen molar-refractivity contribution in [1.82, 2.24) is 5.32 Å². The van der Waals surface area contributed by atoms with E-state index in [0.29, 0.717) is 6.42 Å². The highest BCUT2D eigenvalue weighted by Crippen LogP contribution is 2.18. The molecule has 0 fully saturated rings. The Balaban J connectivity index is 2.59. The van der Waals surface area contributed by atoms with Gasteiger partial charge in [-0.05, 0) is 11.5 Å². The highest BCUT2D eigenvalue weighted by atomic mass is 16.7. The molecule has 1 rings (SSSR count). The first-order valence-corrected chi connectivity index (χ1v) is 9.14. The molecule has 0 aromatic heterocycles. The lowest BCUT2D eigenvalue weighted by atomic mass is 9.96. The molecule has 1 aromatic rings. The third-order valence-electron chi connectivity index (χ3n) is 4.14. The van der Waals surface area contributed by atoms with Gasteiger partial charge in [-0.15, -0.1) is 0 Å². The number of rotatable bonds is 10. The van der Waals surface area contributed by atoms with Crippen molar-refractivity contribution in [3.8, 4) is 0 Å². The summed E-state index contributed by atoms with van der Waals surface area (Å²) in [5, 5.41) is 11.2. The van der Waals surface area contributed by atoms with Crippen molar-refractivity contribution >= 4 is 18.2 Å². The van der Waals surface area contributed by atoms with Crippen molar-refractivity contribution in [3.05, 3.63) is 35.9 Å². The van der Waals surface area contributed by atoms with Gasteiger partial charge >= 0.3 is 18.2 Å². The molecule has 0 heterocycles. The molecular weight excluding hydrogens is 366 g/mol. The van der Waals surface area contributed by atoms with E-state index in [-0.39, 0.29) is 25.7 Å². The molecule has 0 unspecified atom stereocenters. The van der Waals surface area contributed by atoms with Gasteiger partial charge in [0.15, 0.2) is 0 Å². The van der Waals surface area contributed by atoms with Crippen molar-refractivity contribution in [2.45, 2.75) is 46.8 Å². The lowest BCUT2D eigenvalue weighted by molar-refractivity contribution is -0.151. The molecule has 0 radical (unpaired) electrons. The summed E-state index contributed by atoms with van der Waals surface area (Å²) in [6.07, 6.45) is -1.45. The quantitative estimate of drug-likeness (QED) is 0.460. The Kier molecular flexibility index (Phi) is 9.27. The summed E-state index contributed by atoms with van der Waals surface area (Å²) in [6, 6.07) is 8.33. The number of carbonyl (C=O) groups excluding carboxylic acids is 2. The van der Waals surface area contributed by atoms with Crippen LogP contribution in [0.25, 0.3) is 0 Å². The minimum Gasteiger partial charge on any atom is -0.463 e. The normalized spacial score (nSPS) is 13.1. The molecule has 156 valence electrons. The smallest absolute Gasteiger partial charge is 0.463 e. The van der Waals surface area contributed by atoms with Crippen LogP contribution in [-0.2, 0) is 25.6 Å². The van der Waals surface area contributed by atoms with E-state index in [4.69, 9.17) is 14.6 Å². The van der Waals surface area contributed by atoms with Crippen LogP contribution >= 0.6 is 0 Å². The fourth-order valence-electron chi connectivity index (χ4n) is 2.22. The van der Waals surface area contributed by atoms with Gasteiger partial charge < -0.3 is 24.6 Å². The number of hydrogen-bond donors (Lipinski definition) is 2. The second-order valence-corrected chi connectivity index (χ2v) is 7.40. The monoisotopic (exact) mass is 395 g/mol. The standard InChI is InChI=1S/C20H29NO7/c1-5-14(2)16(17(22)27-12-20(3,4)13-28-19(24)25)21-18(23)26-11-15-9-7-6-8-10-15/h6-10,14,16H,5,11-13H2,1-4H3,(H,21,23)(H,24,25)/t14-,16-/m0/s1. The third-order valence-corrected chi connectivity index (χ3v) is 4.14. The van der Waals surface area contributed by atoms with Crippen molar-refractivity contribution in [2.24, 2.45) is 11.3 Å². The van der Waals surface area contributed by atoms with Crippen molar-refractivity contribution in [3.63, 3.8) is 0 Å². The van der Waals surface area contributed by atoms with Crippen molar-refractivity contribution in [1.29, 1.82) is 0 Å². The third kappa shape index (κ3) is 8.75. The number of ether oxygens (including phenoxy) is 3. The van der Waals surface area contributed by atoms with E-state index in [1.807, 2.05) is 44.2 Å². The molecule has 0 spiro atoms. The van der Waals surface area contributed by atoms with E-state index < -0.39 is 29.7 Å². The Morgan fingerprint density at radius 1 is 1.07 bits per heavy atom. The summed E-state index contributed by atoms with van der Waals surface area (Å²) in [5.74, 6) is -0.774. The predicted molar refractivity (Wildman–Crippen MR) is 102 cm³/mol. The summed E-state index contributed by atoms with van der Waals surface area (Å²) in [7, 11) is 0. The average Bonchev–Trinajstić information content (AvgIpc) is 2.67. The lowest BCUT2D eigenvalue weighted by Gasteiger charge is -2.26. The van der Waals surface area contributed by atoms with Gasteiger partial charge in [-0.25, -0.2) is 14.4 Å². The Morgan fingerprint density at radius 3 is 2.25 bits per heavy atom. The Morgan fingerprint density at radius 2 is 1.68 bits per heavy atom. The fourth-order valence-corrected chi connectivity index (χ4v) is 2.22. The summed E-state index contributed by atoms with van der Waals surface area (Å²) >= 11 is 0. The highest BCUT2D eigenvalue weighted by Gasteiger charge is 2.30. The van der Waals surface area contributed by atoms with Gasteiger partial charge in [-0.1, -0.05) is 64.4 Å². The van der Waals surface area contributed by atoms with Crippen LogP contribution in [0.1, 0.15) is 39.7 Å². The van der Waals surface area contributed by atoms with Gasteiger partial charge in [-0.3, -0.25) is 0 Å². The predicted octanol–water partition coefficient (Wildman–Crippen LogP) is 3.59. The summed E-state index contributed by atoms with van der Waals surface area (Å²) in [6.45, 7) is 7.07. The Bertz CT molecular complexity index is 645. The Labute approximate surface area is 165 Å². The molecular formula is C20H29NO7. The molecule has 1 aromatic carbocycles. The van der Waals surface area contributed by atoms with E-state index in [1.165, 1.54) is 0 Å². The lowest BCUT2D eigenvalue weighted by Crippen LogP contribution is -2.47. The van der Waals surface area contributed by atoms with Crippen LogP contribution < -0.4 is 5.32 Å². The molecule has 0 aliphatic rings. The van der Waals surface area contributed by atoms with Gasteiger partial charge in [0.05, 0.1) is 6.61 Å². The van der Waals surface area contributed by atoms with E-state index in [1.54, 1.807) is 13.8 Å². The molecule has 0 saturated carbocycles. The number of benzene rings is 1. The van der Waals surface area contributed by atoms with Crippen molar-refractivity contribution < 1.29 is 33.7 Å². The second kappa shape index (κ2) is 11.2. The SMILES string of the molecule is CC[C@H](C)[C@H](NC(=O)OCc1ccccc1)C(=O)OCC(C)(C)COC(=O)O. The molecule has 28 heavy (non-hydrogen) atoms. The van der Waals surface area contributed by atoms with Gasteiger partial charge in [0, 0.05) is 5.41 Å². The average molecular weight is 395 g/mol. The number of hydrogen-bond acceptors (Lipinski definition) is 6. The number of nitrogens with one attached hydrogen (secondary N) is 1. The molecule has 8 heteroatoms. The molecule has 1 amide bonds. The van der Waals surface area contributed by atoms with Crippen LogP contribution in [-0.4, -0.2) is 42.6 Å². The van der Waals surface area contributed by atoms with Crippen molar-refractivity contribution in [2.75, 3.05) is 13.2 Å². The first-order chi connectivity index (χ1) is 13.1. The maximum Gasteiger partial charge on any atom is 0.505 e. The summed E-state index contributed by atoms with van der Waals surface area (Å²) < 4.78 is 15.0. The molecule has 0 saturated heterocycles.